The van der Waals surface area contributed by atoms with Gasteiger partial charge in [-0.2, -0.15) is 20.4 Å². The molecule has 13 rings (SSSR count). The van der Waals surface area contributed by atoms with Gasteiger partial charge in [0, 0.05) is 88.2 Å². The van der Waals surface area contributed by atoms with E-state index in [0.717, 1.165) is 167 Å². The number of pyridine rings is 3. The fraction of sp³-hybridized carbons (Fsp3) is 0.433. The Labute approximate surface area is 495 Å². The maximum Gasteiger partial charge on any atom is 0.202 e. The van der Waals surface area contributed by atoms with E-state index in [2.05, 4.69) is 136 Å². The van der Waals surface area contributed by atoms with Gasteiger partial charge in [0.25, 0.3) is 0 Å². The second-order valence-electron chi connectivity index (χ2n) is 21.6. The molecule has 4 aliphatic heterocycles. The topological polar surface area (TPSA) is 252 Å². The third-order valence-corrected chi connectivity index (χ3v) is 15.9. The average molecular weight is 1240 g/mol. The Kier molecular flexibility index (Phi) is 18.4. The van der Waals surface area contributed by atoms with Gasteiger partial charge in [-0.3, -0.25) is 24.6 Å². The molecule has 0 saturated carbocycles. The molecule has 22 nitrogen and oxygen atoms in total. The summed E-state index contributed by atoms with van der Waals surface area (Å²) in [5, 5.41) is 37.5. The van der Waals surface area contributed by atoms with E-state index < -0.39 is 0 Å². The van der Waals surface area contributed by atoms with Crippen molar-refractivity contribution >= 4 is 67.6 Å². The van der Waals surface area contributed by atoms with E-state index in [9.17, 15) is 0 Å². The van der Waals surface area contributed by atoms with Gasteiger partial charge in [-0.25, -0.2) is 24.9 Å². The van der Waals surface area contributed by atoms with Crippen LogP contribution in [0.15, 0.2) is 90.3 Å². The van der Waals surface area contributed by atoms with Gasteiger partial charge < -0.3 is 39.6 Å². The van der Waals surface area contributed by atoms with Gasteiger partial charge in [0.2, 0.25) is 5.82 Å². The van der Waals surface area contributed by atoms with Crippen LogP contribution in [0.25, 0.3) is 33.3 Å². The molecule has 0 unspecified atom stereocenters. The lowest BCUT2D eigenvalue weighted by molar-refractivity contribution is 0.0903. The van der Waals surface area contributed by atoms with E-state index in [4.69, 9.17) is 38.9 Å². The van der Waals surface area contributed by atoms with Crippen LogP contribution in [0.1, 0.15) is 118 Å². The molecular weight excluding hydrogens is 1170 g/mol. The van der Waals surface area contributed by atoms with Crippen LogP contribution in [0.3, 0.4) is 0 Å². The number of nitrogens with zero attached hydrogens (tertiary/aromatic N) is 12. The predicted octanol–water partition coefficient (Wildman–Crippen LogP) is 9.94. The summed E-state index contributed by atoms with van der Waals surface area (Å²) in [6, 6.07) is 23.3. The molecule has 9 aromatic rings. The zero-order chi connectivity index (χ0) is 57.2. The summed E-state index contributed by atoms with van der Waals surface area (Å²) >= 11 is 2.30. The monoisotopic (exact) mass is 1240 g/mol. The van der Waals surface area contributed by atoms with Gasteiger partial charge in [-0.05, 0) is 120 Å². The molecule has 0 bridgehead atoms. The molecule has 434 valence electrons. The summed E-state index contributed by atoms with van der Waals surface area (Å²) in [7, 11) is 3.35. The highest BCUT2D eigenvalue weighted by Crippen LogP contribution is 2.34. The normalized spacial score (nSPS) is 15.8. The summed E-state index contributed by atoms with van der Waals surface area (Å²) in [5.41, 5.74) is 8.16. The Morgan fingerprint density at radius 2 is 1.01 bits per heavy atom. The van der Waals surface area contributed by atoms with E-state index in [1.165, 1.54) is 11.1 Å². The van der Waals surface area contributed by atoms with Crippen molar-refractivity contribution in [3.63, 3.8) is 0 Å². The molecular formula is C60H72IN17O5. The minimum atomic E-state index is 0.247. The zero-order valence-electron chi connectivity index (χ0n) is 47.9. The molecule has 0 radical (unpaired) electrons. The van der Waals surface area contributed by atoms with E-state index in [1.54, 1.807) is 14.2 Å². The molecule has 7 aromatic heterocycles. The minimum absolute atomic E-state index is 0.247. The first-order valence-corrected chi connectivity index (χ1v) is 29.7. The number of anilines is 3. The molecule has 3 fully saturated rings. The Hall–Kier alpha value is -7.61. The summed E-state index contributed by atoms with van der Waals surface area (Å²) in [4.78, 5) is 27.8. The molecule has 5 N–H and O–H groups in total. The SMILES string of the molecule is CC(C)c1nc(C2=NCc3ccnc(NC4CCOCC4)c32)n[nH]1.COc1ccc(Cn2nc(-c3n[nH]c(C(C)C)n3)c3c(NC4CCOCC4)nccc32)cc1.COc1ccc(Cn2nc(I)c3c(NC4CCOCC4)nccc32)cc1. The fourth-order valence-corrected chi connectivity index (χ4v) is 11.2. The quantitative estimate of drug-likeness (QED) is 0.0564. The van der Waals surface area contributed by atoms with Crippen molar-refractivity contribution in [2.45, 2.75) is 116 Å². The van der Waals surface area contributed by atoms with Crippen molar-refractivity contribution in [2.24, 2.45) is 4.99 Å². The number of benzene rings is 2. The second-order valence-corrected chi connectivity index (χ2v) is 22.6. The highest BCUT2D eigenvalue weighted by Gasteiger charge is 2.28. The van der Waals surface area contributed by atoms with Crippen molar-refractivity contribution in [2.75, 3.05) is 69.8 Å². The van der Waals surface area contributed by atoms with Gasteiger partial charge >= 0.3 is 0 Å². The van der Waals surface area contributed by atoms with Crippen LogP contribution >= 0.6 is 22.6 Å². The number of halogens is 1. The molecule has 0 amide bonds. The first-order chi connectivity index (χ1) is 40.6. The lowest BCUT2D eigenvalue weighted by Crippen LogP contribution is -2.29. The zero-order valence-corrected chi connectivity index (χ0v) is 50.0. The standard InChI is InChI=1S/C24H29N7O2.C19H21IN4O2.C17H22N6O/c1-15(2)22-27-24(29-28-22)21-20-19(8-11-25-23(20)26-17-9-12-33-13-10-17)31(30-21)14-16-4-6-18(32-3)7-5-16;1-25-15-4-2-13(3-5-15)12-24-16-6-9-21-19(17(16)18(20)23-24)22-14-7-10-26-11-8-14;1-10(2)15-21-17(23-22-15)14-13-11(9-19-14)3-6-18-16(13)20-12-4-7-24-8-5-12/h4-8,11,15,17H,9-10,12-14H2,1-3H3,(H,25,26)(H,27,28,29);2-6,9,14H,7-8,10-12H2,1H3,(H,21,22);3,6,10,12H,4-5,7-9H2,1-2H3,(H,18,20)(H,21,22,23). The van der Waals surface area contributed by atoms with Crippen molar-refractivity contribution in [1.29, 1.82) is 0 Å². The van der Waals surface area contributed by atoms with Crippen LogP contribution in [0.4, 0.5) is 17.5 Å². The molecule has 83 heavy (non-hydrogen) atoms. The van der Waals surface area contributed by atoms with E-state index in [0.29, 0.717) is 55.3 Å². The van der Waals surface area contributed by atoms with Crippen molar-refractivity contribution < 1.29 is 23.7 Å². The van der Waals surface area contributed by atoms with Crippen molar-refractivity contribution in [1.82, 2.24) is 64.9 Å². The molecule has 0 spiro atoms. The molecule has 3 saturated heterocycles. The van der Waals surface area contributed by atoms with Crippen LogP contribution in [0.2, 0.25) is 0 Å². The first-order valence-electron chi connectivity index (χ1n) is 28.6. The van der Waals surface area contributed by atoms with E-state index in [-0.39, 0.29) is 5.92 Å². The van der Waals surface area contributed by atoms with Crippen molar-refractivity contribution in [3.05, 3.63) is 129 Å². The number of aromatic amines is 2. The van der Waals surface area contributed by atoms with Crippen LogP contribution < -0.4 is 25.4 Å². The number of hydrogen-bond donors (Lipinski definition) is 5. The number of ether oxygens (including phenoxy) is 5. The highest BCUT2D eigenvalue weighted by atomic mass is 127. The van der Waals surface area contributed by atoms with Gasteiger partial charge in [0.05, 0.1) is 61.2 Å². The maximum absolute atomic E-state index is 5.52. The number of rotatable bonds is 16. The van der Waals surface area contributed by atoms with E-state index in [1.807, 2.05) is 70.4 Å². The summed E-state index contributed by atoms with van der Waals surface area (Å²) in [5.74, 6) is 7.81. The molecule has 11 heterocycles. The van der Waals surface area contributed by atoms with Gasteiger partial charge in [0.1, 0.15) is 55.7 Å². The Morgan fingerprint density at radius 1 is 0.566 bits per heavy atom. The summed E-state index contributed by atoms with van der Waals surface area (Å²) in [6.07, 6.45) is 11.4. The van der Waals surface area contributed by atoms with Gasteiger partial charge in [-0.15, -0.1) is 0 Å². The van der Waals surface area contributed by atoms with E-state index >= 15 is 0 Å². The minimum Gasteiger partial charge on any atom is -0.497 e. The van der Waals surface area contributed by atoms with Gasteiger partial charge in [0.15, 0.2) is 5.82 Å². The predicted molar refractivity (Wildman–Crippen MR) is 328 cm³/mol. The lowest BCUT2D eigenvalue weighted by Gasteiger charge is -2.24. The Morgan fingerprint density at radius 3 is 1.52 bits per heavy atom. The van der Waals surface area contributed by atoms with Crippen LogP contribution in [0, 0.1) is 3.70 Å². The second kappa shape index (κ2) is 26.7. The molecule has 23 heteroatoms. The largest absolute Gasteiger partial charge is 0.497 e. The van der Waals surface area contributed by atoms with Crippen LogP contribution in [-0.2, 0) is 33.8 Å². The highest BCUT2D eigenvalue weighted by molar-refractivity contribution is 14.1. The number of H-pyrrole nitrogens is 2. The average Bonchev–Trinajstić information content (AvgIpc) is 3.31. The lowest BCUT2D eigenvalue weighted by atomic mass is 10.0. The third kappa shape index (κ3) is 13.6. The number of hydrogen-bond acceptors (Lipinski definition) is 18. The number of aromatic nitrogens is 13. The smallest absolute Gasteiger partial charge is 0.202 e. The number of fused-ring (bicyclic) bond motifs is 3. The molecule has 0 aliphatic carbocycles. The maximum atomic E-state index is 5.52. The van der Waals surface area contributed by atoms with Crippen LogP contribution in [0.5, 0.6) is 11.5 Å². The Bertz CT molecular complexity index is 3610. The van der Waals surface area contributed by atoms with Gasteiger partial charge in [-0.1, -0.05) is 52.0 Å². The Balaban J connectivity index is 0.000000132. The van der Waals surface area contributed by atoms with Crippen molar-refractivity contribution in [3.8, 4) is 23.0 Å². The number of nitrogens with one attached hydrogen (secondary N) is 5. The summed E-state index contributed by atoms with van der Waals surface area (Å²) in [6.45, 7) is 15.1. The van der Waals surface area contributed by atoms with Crippen LogP contribution in [-0.4, -0.2) is 143 Å². The molecule has 4 aliphatic rings. The number of methoxy groups -OCH3 is 2. The molecule has 0 atom stereocenters. The molecule has 2 aromatic carbocycles. The third-order valence-electron chi connectivity index (χ3n) is 15.2. The fourth-order valence-electron chi connectivity index (χ4n) is 10.4. The summed E-state index contributed by atoms with van der Waals surface area (Å²) < 4.78 is 31.9. The number of aliphatic imine (C=N–C) groups is 1. The first kappa shape index (κ1) is 57.2.